The molecule has 4 nitrogen and oxygen atoms in total. The van der Waals surface area contributed by atoms with Crippen molar-refractivity contribution in [2.75, 3.05) is 10.6 Å². The fourth-order valence-corrected chi connectivity index (χ4v) is 2.93. The zero-order valence-corrected chi connectivity index (χ0v) is 15.4. The number of anilines is 2. The van der Waals surface area contributed by atoms with E-state index < -0.39 is 0 Å². The smallest absolute Gasteiger partial charge is 0.221 e. The van der Waals surface area contributed by atoms with Gasteiger partial charge in [0, 0.05) is 30.4 Å². The third-order valence-electron chi connectivity index (χ3n) is 4.03. The molecule has 0 heterocycles. The Labute approximate surface area is 154 Å². The summed E-state index contributed by atoms with van der Waals surface area (Å²) in [6.07, 6.45) is 0.117. The Morgan fingerprint density at radius 3 is 2.35 bits per heavy atom. The molecule has 26 heavy (non-hydrogen) atoms. The molecule has 2 N–H and O–H groups in total. The van der Waals surface area contributed by atoms with Gasteiger partial charge in [-0.05, 0) is 55.0 Å². The lowest BCUT2D eigenvalue weighted by Crippen LogP contribution is -2.10. The van der Waals surface area contributed by atoms with E-state index in [2.05, 4.69) is 28.8 Å². The van der Waals surface area contributed by atoms with Crippen LogP contribution in [-0.4, -0.2) is 12.0 Å². The number of fused-ring (bicyclic) bond motifs is 1. The van der Waals surface area contributed by atoms with Gasteiger partial charge in [-0.3, -0.25) is 4.79 Å². The van der Waals surface area contributed by atoms with Gasteiger partial charge in [0.2, 0.25) is 5.91 Å². The van der Waals surface area contributed by atoms with Gasteiger partial charge < -0.3 is 15.4 Å². The molecule has 134 valence electrons. The third-order valence-corrected chi connectivity index (χ3v) is 4.03. The van der Waals surface area contributed by atoms with E-state index in [1.807, 2.05) is 56.3 Å². The molecule has 0 bridgehead atoms. The quantitative estimate of drug-likeness (QED) is 0.644. The average molecular weight is 348 g/mol. The maximum Gasteiger partial charge on any atom is 0.221 e. The summed E-state index contributed by atoms with van der Waals surface area (Å²) >= 11 is 0. The average Bonchev–Trinajstić information content (AvgIpc) is 2.61. The maximum absolute atomic E-state index is 11.1. The molecule has 0 saturated heterocycles. The van der Waals surface area contributed by atoms with Crippen molar-refractivity contribution < 1.29 is 9.53 Å². The van der Waals surface area contributed by atoms with E-state index in [9.17, 15) is 4.79 Å². The van der Waals surface area contributed by atoms with E-state index >= 15 is 0 Å². The molecule has 0 saturated carbocycles. The highest BCUT2D eigenvalue weighted by atomic mass is 16.5. The van der Waals surface area contributed by atoms with Crippen molar-refractivity contribution in [1.29, 1.82) is 0 Å². The summed E-state index contributed by atoms with van der Waals surface area (Å²) in [5.41, 5.74) is 2.92. The van der Waals surface area contributed by atoms with Crippen LogP contribution in [-0.2, 0) is 11.3 Å². The van der Waals surface area contributed by atoms with Crippen LogP contribution in [0.5, 0.6) is 5.75 Å². The molecule has 0 aliphatic carbocycles. The van der Waals surface area contributed by atoms with E-state index in [0.717, 1.165) is 22.7 Å². The van der Waals surface area contributed by atoms with E-state index in [4.69, 9.17) is 4.74 Å². The minimum Gasteiger partial charge on any atom is -0.491 e. The van der Waals surface area contributed by atoms with Gasteiger partial charge >= 0.3 is 0 Å². The molecule has 4 heteroatoms. The molecule has 3 aromatic rings. The number of benzene rings is 3. The topological polar surface area (TPSA) is 50.4 Å². The van der Waals surface area contributed by atoms with Crippen LogP contribution in [0.15, 0.2) is 60.7 Å². The maximum atomic E-state index is 11.1. The van der Waals surface area contributed by atoms with Gasteiger partial charge in [-0.25, -0.2) is 0 Å². The molecule has 0 aliphatic rings. The number of rotatable bonds is 6. The third kappa shape index (κ3) is 4.33. The lowest BCUT2D eigenvalue weighted by atomic mass is 10.0. The van der Waals surface area contributed by atoms with Crippen molar-refractivity contribution >= 4 is 28.1 Å². The molecule has 3 aromatic carbocycles. The van der Waals surface area contributed by atoms with Crippen LogP contribution in [0.2, 0.25) is 0 Å². The van der Waals surface area contributed by atoms with E-state index in [1.54, 1.807) is 0 Å². The Morgan fingerprint density at radius 1 is 0.962 bits per heavy atom. The fourth-order valence-electron chi connectivity index (χ4n) is 2.93. The van der Waals surface area contributed by atoms with Gasteiger partial charge in [-0.15, -0.1) is 0 Å². The summed E-state index contributed by atoms with van der Waals surface area (Å²) in [4.78, 5) is 11.1. The molecule has 0 unspecified atom stereocenters. The highest BCUT2D eigenvalue weighted by Crippen LogP contribution is 2.30. The molecule has 3 rings (SSSR count). The zero-order valence-electron chi connectivity index (χ0n) is 15.4. The molecule has 0 aromatic heterocycles. The highest BCUT2D eigenvalue weighted by molar-refractivity contribution is 5.89. The lowest BCUT2D eigenvalue weighted by molar-refractivity contribution is -0.114. The first kappa shape index (κ1) is 17.8. The predicted molar refractivity (Wildman–Crippen MR) is 108 cm³/mol. The minimum absolute atomic E-state index is 0.0723. The number of carbonyl (C=O) groups is 1. The van der Waals surface area contributed by atoms with Gasteiger partial charge in [0.15, 0.2) is 0 Å². The molecule has 1 amide bonds. The van der Waals surface area contributed by atoms with E-state index in [0.29, 0.717) is 6.54 Å². The lowest BCUT2D eigenvalue weighted by Gasteiger charge is -2.17. The van der Waals surface area contributed by atoms with Crippen molar-refractivity contribution in [2.45, 2.75) is 33.4 Å². The van der Waals surface area contributed by atoms with Crippen molar-refractivity contribution in [1.82, 2.24) is 0 Å². The van der Waals surface area contributed by atoms with Crippen molar-refractivity contribution in [2.24, 2.45) is 0 Å². The van der Waals surface area contributed by atoms with E-state index in [-0.39, 0.29) is 12.0 Å². The Morgan fingerprint density at radius 2 is 1.65 bits per heavy atom. The summed E-state index contributed by atoms with van der Waals surface area (Å²) < 4.78 is 6.02. The second kappa shape index (κ2) is 7.91. The SMILES string of the molecule is CC(=O)Nc1ccc(NCc2c(OC(C)C)ccc3ccccc23)cc1. The number of carbonyl (C=O) groups excluding carboxylic acids is 1. The second-order valence-electron chi connectivity index (χ2n) is 6.54. The van der Waals surface area contributed by atoms with Crippen LogP contribution in [0.25, 0.3) is 10.8 Å². The summed E-state index contributed by atoms with van der Waals surface area (Å²) in [5, 5.41) is 8.61. The normalized spacial score (nSPS) is 10.8. The number of nitrogens with one attached hydrogen (secondary N) is 2. The molecular weight excluding hydrogens is 324 g/mol. The van der Waals surface area contributed by atoms with Gasteiger partial charge in [0.05, 0.1) is 6.10 Å². The Kier molecular flexibility index (Phi) is 5.42. The molecule has 0 aliphatic heterocycles. The van der Waals surface area contributed by atoms with Crippen LogP contribution >= 0.6 is 0 Å². The minimum atomic E-state index is -0.0723. The van der Waals surface area contributed by atoms with Gasteiger partial charge in [-0.1, -0.05) is 30.3 Å². The number of hydrogen-bond acceptors (Lipinski definition) is 3. The first-order chi connectivity index (χ1) is 12.5. The first-order valence-corrected chi connectivity index (χ1v) is 8.82. The standard InChI is InChI=1S/C22H24N2O2/c1-15(2)26-22-13-8-17-6-4-5-7-20(17)21(22)14-23-18-9-11-19(12-10-18)24-16(3)25/h4-13,15,23H,14H2,1-3H3,(H,24,25). The van der Waals surface area contributed by atoms with Crippen molar-refractivity contribution in [3.8, 4) is 5.75 Å². The molecule has 0 fully saturated rings. The molecule has 0 radical (unpaired) electrons. The molecule has 0 spiro atoms. The van der Waals surface area contributed by atoms with Gasteiger partial charge in [-0.2, -0.15) is 0 Å². The summed E-state index contributed by atoms with van der Waals surface area (Å²) in [6.45, 7) is 6.23. The largest absolute Gasteiger partial charge is 0.491 e. The Bertz CT molecular complexity index is 902. The molecular formula is C22H24N2O2. The summed E-state index contributed by atoms with van der Waals surface area (Å²) in [7, 11) is 0. The van der Waals surface area contributed by atoms with Crippen LogP contribution in [0.3, 0.4) is 0 Å². The van der Waals surface area contributed by atoms with Crippen LogP contribution in [0.1, 0.15) is 26.3 Å². The van der Waals surface area contributed by atoms with E-state index in [1.165, 1.54) is 17.7 Å². The fraction of sp³-hybridized carbons (Fsp3) is 0.227. The second-order valence-corrected chi connectivity index (χ2v) is 6.54. The Hall–Kier alpha value is -3.01. The van der Waals surface area contributed by atoms with Crippen LogP contribution < -0.4 is 15.4 Å². The highest BCUT2D eigenvalue weighted by Gasteiger charge is 2.10. The van der Waals surface area contributed by atoms with Crippen molar-refractivity contribution in [3.05, 3.63) is 66.2 Å². The first-order valence-electron chi connectivity index (χ1n) is 8.82. The number of ether oxygens (including phenoxy) is 1. The molecule has 0 atom stereocenters. The van der Waals surface area contributed by atoms with Crippen LogP contribution in [0.4, 0.5) is 11.4 Å². The summed E-state index contributed by atoms with van der Waals surface area (Å²) in [6, 6.07) is 20.2. The number of amides is 1. The summed E-state index contributed by atoms with van der Waals surface area (Å²) in [5.74, 6) is 0.831. The monoisotopic (exact) mass is 348 g/mol. The van der Waals surface area contributed by atoms with Crippen molar-refractivity contribution in [3.63, 3.8) is 0 Å². The van der Waals surface area contributed by atoms with Gasteiger partial charge in [0.25, 0.3) is 0 Å². The van der Waals surface area contributed by atoms with Crippen LogP contribution in [0, 0.1) is 0 Å². The predicted octanol–water partition coefficient (Wildman–Crippen LogP) is 5.20. The van der Waals surface area contributed by atoms with Gasteiger partial charge in [0.1, 0.15) is 5.75 Å². The Balaban J connectivity index is 1.84. The number of hydrogen-bond donors (Lipinski definition) is 2. The zero-order chi connectivity index (χ0) is 18.5.